The van der Waals surface area contributed by atoms with Gasteiger partial charge in [0.05, 0.1) is 17.6 Å². The summed E-state index contributed by atoms with van der Waals surface area (Å²) in [5, 5.41) is 18.5. The minimum absolute atomic E-state index is 0.0358. The maximum absolute atomic E-state index is 12.4. The number of pyridine rings is 1. The molecular formula is C28H36N8O2. The highest BCUT2D eigenvalue weighted by Gasteiger charge is 2.32. The summed E-state index contributed by atoms with van der Waals surface area (Å²) in [4.78, 5) is 24.0. The minimum atomic E-state index is -0.465. The first kappa shape index (κ1) is 25.8. The van der Waals surface area contributed by atoms with E-state index in [1.165, 1.54) is 0 Å². The maximum atomic E-state index is 12.4. The Kier molecular flexibility index (Phi) is 7.42. The van der Waals surface area contributed by atoms with Crippen LogP contribution in [-0.4, -0.2) is 64.5 Å². The molecule has 1 amide bonds. The molecule has 200 valence electrons. The Morgan fingerprint density at radius 1 is 1.21 bits per heavy atom. The second-order valence-corrected chi connectivity index (χ2v) is 10.1. The number of aromatic nitrogens is 6. The molecule has 1 aliphatic rings. The van der Waals surface area contributed by atoms with Crippen LogP contribution in [0.15, 0.2) is 36.8 Å². The second kappa shape index (κ2) is 10.9. The zero-order chi connectivity index (χ0) is 26.8. The highest BCUT2D eigenvalue weighted by molar-refractivity contribution is 5.79. The van der Waals surface area contributed by atoms with Gasteiger partial charge in [-0.2, -0.15) is 14.7 Å². The molecule has 0 spiro atoms. The van der Waals surface area contributed by atoms with Gasteiger partial charge in [0, 0.05) is 48.7 Å². The number of carbonyl (C=O) groups excluding carboxylic acids is 1. The number of aliphatic hydroxyl groups is 1. The van der Waals surface area contributed by atoms with Gasteiger partial charge in [-0.05, 0) is 56.6 Å². The largest absolute Gasteiger partial charge is 0.387 e. The molecule has 0 saturated heterocycles. The lowest BCUT2D eigenvalue weighted by atomic mass is 10.00. The van der Waals surface area contributed by atoms with Crippen molar-refractivity contribution in [3.05, 3.63) is 48.0 Å². The van der Waals surface area contributed by atoms with Crippen molar-refractivity contribution in [2.75, 3.05) is 18.9 Å². The molecule has 10 nitrogen and oxygen atoms in total. The van der Waals surface area contributed by atoms with Crippen molar-refractivity contribution in [1.82, 2.24) is 34.3 Å². The molecule has 4 heterocycles. The number of nitrogens with zero attached hydrogens (tertiary/aromatic N) is 7. The zero-order valence-corrected chi connectivity index (χ0v) is 22.3. The second-order valence-electron chi connectivity index (χ2n) is 10.1. The van der Waals surface area contributed by atoms with Gasteiger partial charge in [0.15, 0.2) is 5.65 Å². The summed E-state index contributed by atoms with van der Waals surface area (Å²) in [7, 11) is 1.88. The number of rotatable bonds is 11. The van der Waals surface area contributed by atoms with Gasteiger partial charge in [0.25, 0.3) is 0 Å². The van der Waals surface area contributed by atoms with Crippen LogP contribution in [0.4, 0.5) is 5.82 Å². The third kappa shape index (κ3) is 5.00. The quantitative estimate of drug-likeness (QED) is 0.312. The normalized spacial score (nSPS) is 14.2. The standard InChI is InChI=1S/C28H36N8O2/c1-4-13-35(25(38)17-37)20(5-2)9-11-24-26(18-6-7-18)27(29)36-28(32-24)21(16-31-36)19-8-10-22(30-15-19)23-12-14-34(3)33-23/h8,10,12,14-16,18,20,37H,4-7,9,11,13,17,29H2,1-3H3/t20-/m1/s1. The highest BCUT2D eigenvalue weighted by atomic mass is 16.3. The molecule has 1 atom stereocenters. The predicted octanol–water partition coefficient (Wildman–Crippen LogP) is 3.59. The highest BCUT2D eigenvalue weighted by Crippen LogP contribution is 2.45. The molecule has 10 heteroatoms. The molecule has 0 aliphatic heterocycles. The van der Waals surface area contributed by atoms with Crippen LogP contribution in [-0.2, 0) is 18.3 Å². The smallest absolute Gasteiger partial charge is 0.248 e. The van der Waals surface area contributed by atoms with Gasteiger partial charge in [0.1, 0.15) is 18.1 Å². The molecule has 38 heavy (non-hydrogen) atoms. The number of nitrogens with two attached hydrogens (primary N) is 1. The number of nitrogen functional groups attached to an aromatic ring is 1. The Hall–Kier alpha value is -3.79. The van der Waals surface area contributed by atoms with Gasteiger partial charge in [-0.25, -0.2) is 4.98 Å². The van der Waals surface area contributed by atoms with Gasteiger partial charge in [-0.3, -0.25) is 14.5 Å². The Labute approximate surface area is 222 Å². The lowest BCUT2D eigenvalue weighted by molar-refractivity contribution is -0.136. The average molecular weight is 517 g/mol. The van der Waals surface area contributed by atoms with Crippen LogP contribution >= 0.6 is 0 Å². The van der Waals surface area contributed by atoms with Crippen LogP contribution in [0.5, 0.6) is 0 Å². The number of aliphatic hydroxyl groups excluding tert-OH is 1. The van der Waals surface area contributed by atoms with Crippen molar-refractivity contribution in [3.8, 4) is 22.5 Å². The summed E-state index contributed by atoms with van der Waals surface area (Å²) in [5.74, 6) is 0.824. The number of hydrogen-bond donors (Lipinski definition) is 2. The number of amides is 1. The van der Waals surface area contributed by atoms with Crippen LogP contribution in [0.3, 0.4) is 0 Å². The summed E-state index contributed by atoms with van der Waals surface area (Å²) in [6, 6.07) is 5.94. The van der Waals surface area contributed by atoms with Crippen molar-refractivity contribution in [2.24, 2.45) is 7.05 Å². The van der Waals surface area contributed by atoms with E-state index >= 15 is 0 Å². The fraction of sp³-hybridized carbons (Fsp3) is 0.464. The fourth-order valence-electron chi connectivity index (χ4n) is 5.27. The third-order valence-electron chi connectivity index (χ3n) is 7.38. The first-order valence-corrected chi connectivity index (χ1v) is 13.5. The van der Waals surface area contributed by atoms with Crippen molar-refractivity contribution in [3.63, 3.8) is 0 Å². The van der Waals surface area contributed by atoms with E-state index in [0.29, 0.717) is 30.3 Å². The SMILES string of the molecule is CCCN(C(=O)CO)[C@H](CC)CCc1nc2c(-c3ccc(-c4ccn(C)n4)nc3)cnn2c(N)c1C1CC1. The Balaban J connectivity index is 1.47. The lowest BCUT2D eigenvalue weighted by Crippen LogP contribution is -2.42. The summed E-state index contributed by atoms with van der Waals surface area (Å²) in [6.07, 6.45) is 10.8. The van der Waals surface area contributed by atoms with Gasteiger partial charge in [-0.1, -0.05) is 19.9 Å². The Bertz CT molecular complexity index is 1420. The van der Waals surface area contributed by atoms with E-state index in [-0.39, 0.29) is 11.9 Å². The summed E-state index contributed by atoms with van der Waals surface area (Å²) < 4.78 is 3.50. The Morgan fingerprint density at radius 3 is 2.63 bits per heavy atom. The maximum Gasteiger partial charge on any atom is 0.248 e. The molecule has 4 aromatic rings. The van der Waals surface area contributed by atoms with Crippen LogP contribution < -0.4 is 5.73 Å². The summed E-state index contributed by atoms with van der Waals surface area (Å²) >= 11 is 0. The van der Waals surface area contributed by atoms with Crippen molar-refractivity contribution in [1.29, 1.82) is 0 Å². The molecule has 0 radical (unpaired) electrons. The minimum Gasteiger partial charge on any atom is -0.387 e. The van der Waals surface area contributed by atoms with E-state index in [1.54, 1.807) is 15.4 Å². The van der Waals surface area contributed by atoms with Crippen LogP contribution in [0.2, 0.25) is 0 Å². The van der Waals surface area contributed by atoms with Crippen molar-refractivity contribution in [2.45, 2.75) is 64.3 Å². The van der Waals surface area contributed by atoms with Crippen LogP contribution in [0.25, 0.3) is 28.2 Å². The molecule has 0 bridgehead atoms. The number of fused-ring (bicyclic) bond motifs is 1. The number of aryl methyl sites for hydroxylation is 2. The van der Waals surface area contributed by atoms with Crippen LogP contribution in [0.1, 0.15) is 63.1 Å². The van der Waals surface area contributed by atoms with Crippen molar-refractivity contribution >= 4 is 17.4 Å². The van der Waals surface area contributed by atoms with Gasteiger partial charge < -0.3 is 15.7 Å². The summed E-state index contributed by atoms with van der Waals surface area (Å²) in [5.41, 5.74) is 12.9. The van der Waals surface area contributed by atoms with Gasteiger partial charge in [0.2, 0.25) is 5.91 Å². The van der Waals surface area contributed by atoms with E-state index in [2.05, 4.69) is 22.1 Å². The van der Waals surface area contributed by atoms with E-state index in [9.17, 15) is 9.90 Å². The molecule has 1 fully saturated rings. The molecule has 3 N–H and O–H groups in total. The van der Waals surface area contributed by atoms with Crippen molar-refractivity contribution < 1.29 is 9.90 Å². The Morgan fingerprint density at radius 2 is 2.03 bits per heavy atom. The first-order chi connectivity index (χ1) is 18.4. The zero-order valence-electron chi connectivity index (χ0n) is 22.3. The first-order valence-electron chi connectivity index (χ1n) is 13.5. The van der Waals surface area contributed by atoms with Gasteiger partial charge in [-0.15, -0.1) is 0 Å². The topological polar surface area (TPSA) is 127 Å². The monoisotopic (exact) mass is 516 g/mol. The number of hydrogen-bond acceptors (Lipinski definition) is 7. The summed E-state index contributed by atoms with van der Waals surface area (Å²) in [6.45, 7) is 4.30. The third-order valence-corrected chi connectivity index (χ3v) is 7.38. The van der Waals surface area contributed by atoms with E-state index in [1.807, 2.05) is 49.5 Å². The van der Waals surface area contributed by atoms with E-state index < -0.39 is 6.61 Å². The molecule has 0 aromatic carbocycles. The van der Waals surface area contributed by atoms with E-state index in [0.717, 1.165) is 65.9 Å². The van der Waals surface area contributed by atoms with Crippen LogP contribution in [0, 0.1) is 0 Å². The molecule has 5 rings (SSSR count). The predicted molar refractivity (Wildman–Crippen MR) is 146 cm³/mol. The molecule has 4 aromatic heterocycles. The van der Waals surface area contributed by atoms with E-state index in [4.69, 9.17) is 10.7 Å². The van der Waals surface area contributed by atoms with Gasteiger partial charge >= 0.3 is 0 Å². The molecular weight excluding hydrogens is 480 g/mol. The average Bonchev–Trinajstić information content (AvgIpc) is 3.52. The molecule has 0 unspecified atom stereocenters. The molecule has 1 aliphatic carbocycles. The lowest BCUT2D eigenvalue weighted by Gasteiger charge is -2.31. The molecule has 1 saturated carbocycles. The fourth-order valence-corrected chi connectivity index (χ4v) is 5.27. The number of carbonyl (C=O) groups is 1. The number of anilines is 1.